The second kappa shape index (κ2) is 7.99. The Labute approximate surface area is 150 Å². The molecule has 1 atom stereocenters. The van der Waals surface area contributed by atoms with Gasteiger partial charge in [-0.2, -0.15) is 0 Å². The highest BCUT2D eigenvalue weighted by Crippen LogP contribution is 2.20. The fourth-order valence-electron chi connectivity index (χ4n) is 2.69. The molecule has 2 aromatic rings. The SMILES string of the molecule is CC(C)C(NC(=O)c1cc2cc(F)ccc2n1C)C(=O)NCCC(=O)O. The minimum absolute atomic E-state index is 0.0133. The molecule has 2 rings (SSSR count). The Morgan fingerprint density at radius 1 is 1.23 bits per heavy atom. The van der Waals surface area contributed by atoms with Crippen molar-refractivity contribution in [2.75, 3.05) is 6.54 Å². The highest BCUT2D eigenvalue weighted by molar-refractivity contribution is 6.00. The number of carbonyl (C=O) groups is 3. The molecule has 7 nitrogen and oxygen atoms in total. The van der Waals surface area contributed by atoms with Gasteiger partial charge in [0, 0.05) is 24.5 Å². The number of fused-ring (bicyclic) bond motifs is 1. The Morgan fingerprint density at radius 2 is 1.92 bits per heavy atom. The second-order valence-electron chi connectivity index (χ2n) is 6.42. The lowest BCUT2D eigenvalue weighted by Gasteiger charge is -2.21. The highest BCUT2D eigenvalue weighted by Gasteiger charge is 2.26. The maximum Gasteiger partial charge on any atom is 0.305 e. The third kappa shape index (κ3) is 4.38. The quantitative estimate of drug-likeness (QED) is 0.696. The summed E-state index contributed by atoms with van der Waals surface area (Å²) < 4.78 is 15.0. The number of carbonyl (C=O) groups excluding carboxylic acids is 2. The summed E-state index contributed by atoms with van der Waals surface area (Å²) in [5.41, 5.74) is 0.998. The van der Waals surface area contributed by atoms with E-state index < -0.39 is 29.6 Å². The number of halogens is 1. The number of hydrogen-bond donors (Lipinski definition) is 3. The zero-order valence-electron chi connectivity index (χ0n) is 14.9. The van der Waals surface area contributed by atoms with Crippen molar-refractivity contribution in [3.8, 4) is 0 Å². The molecule has 0 bridgehead atoms. The van der Waals surface area contributed by atoms with Crippen LogP contribution in [0.3, 0.4) is 0 Å². The molecular formula is C18H22FN3O4. The monoisotopic (exact) mass is 363 g/mol. The summed E-state index contributed by atoms with van der Waals surface area (Å²) in [4.78, 5) is 35.4. The summed E-state index contributed by atoms with van der Waals surface area (Å²) in [5.74, 6) is -2.52. The van der Waals surface area contributed by atoms with E-state index >= 15 is 0 Å². The van der Waals surface area contributed by atoms with Gasteiger partial charge in [-0.05, 0) is 30.2 Å². The number of aromatic nitrogens is 1. The first-order valence-corrected chi connectivity index (χ1v) is 8.26. The molecule has 0 radical (unpaired) electrons. The first kappa shape index (κ1) is 19.4. The number of aryl methyl sites for hydroxylation is 1. The average Bonchev–Trinajstić information content (AvgIpc) is 2.87. The van der Waals surface area contributed by atoms with Crippen LogP contribution in [-0.4, -0.2) is 40.0 Å². The second-order valence-corrected chi connectivity index (χ2v) is 6.42. The summed E-state index contributed by atoms with van der Waals surface area (Å²) in [6, 6.07) is 4.99. The Balaban J connectivity index is 2.16. The van der Waals surface area contributed by atoms with Gasteiger partial charge in [-0.25, -0.2) is 4.39 Å². The van der Waals surface area contributed by atoms with Crippen LogP contribution >= 0.6 is 0 Å². The van der Waals surface area contributed by atoms with Gasteiger partial charge in [0.25, 0.3) is 5.91 Å². The number of amides is 2. The Morgan fingerprint density at radius 3 is 2.54 bits per heavy atom. The molecule has 1 aromatic carbocycles. The van der Waals surface area contributed by atoms with Crippen molar-refractivity contribution >= 4 is 28.7 Å². The fourth-order valence-corrected chi connectivity index (χ4v) is 2.69. The summed E-state index contributed by atoms with van der Waals surface area (Å²) >= 11 is 0. The van der Waals surface area contributed by atoms with Gasteiger partial charge in [0.1, 0.15) is 17.6 Å². The molecule has 0 aliphatic carbocycles. The van der Waals surface area contributed by atoms with Gasteiger partial charge in [0.05, 0.1) is 6.42 Å². The van der Waals surface area contributed by atoms with Crippen molar-refractivity contribution in [2.45, 2.75) is 26.3 Å². The van der Waals surface area contributed by atoms with Crippen LogP contribution in [0.1, 0.15) is 30.8 Å². The van der Waals surface area contributed by atoms with E-state index in [1.807, 2.05) is 0 Å². The van der Waals surface area contributed by atoms with Crippen molar-refractivity contribution < 1.29 is 23.9 Å². The van der Waals surface area contributed by atoms with Crippen LogP contribution in [0.2, 0.25) is 0 Å². The molecule has 3 N–H and O–H groups in total. The van der Waals surface area contributed by atoms with Crippen LogP contribution in [0.4, 0.5) is 4.39 Å². The maximum atomic E-state index is 13.4. The predicted octanol–water partition coefficient (Wildman–Crippen LogP) is 1.66. The van der Waals surface area contributed by atoms with Crippen molar-refractivity contribution in [1.29, 1.82) is 0 Å². The Hall–Kier alpha value is -2.90. The van der Waals surface area contributed by atoms with E-state index in [0.29, 0.717) is 16.6 Å². The Kier molecular flexibility index (Phi) is 5.97. The number of carboxylic acids is 1. The normalized spacial score (nSPS) is 12.2. The lowest BCUT2D eigenvalue weighted by Crippen LogP contribution is -2.50. The molecule has 0 aliphatic heterocycles. The summed E-state index contributed by atoms with van der Waals surface area (Å²) in [7, 11) is 1.69. The van der Waals surface area contributed by atoms with Gasteiger partial charge in [-0.3, -0.25) is 14.4 Å². The number of aliphatic carboxylic acids is 1. The molecular weight excluding hydrogens is 341 g/mol. The highest BCUT2D eigenvalue weighted by atomic mass is 19.1. The van der Waals surface area contributed by atoms with Crippen molar-refractivity contribution in [1.82, 2.24) is 15.2 Å². The number of rotatable bonds is 7. The molecule has 0 saturated carbocycles. The van der Waals surface area contributed by atoms with Crippen LogP contribution in [0.15, 0.2) is 24.3 Å². The average molecular weight is 363 g/mol. The lowest BCUT2D eigenvalue weighted by molar-refractivity contribution is -0.137. The van der Waals surface area contributed by atoms with E-state index in [9.17, 15) is 18.8 Å². The van der Waals surface area contributed by atoms with Crippen molar-refractivity contribution in [3.63, 3.8) is 0 Å². The minimum Gasteiger partial charge on any atom is -0.481 e. The van der Waals surface area contributed by atoms with Crippen LogP contribution in [0, 0.1) is 11.7 Å². The molecule has 1 aromatic heterocycles. The number of nitrogens with one attached hydrogen (secondary N) is 2. The molecule has 140 valence electrons. The van der Waals surface area contributed by atoms with Gasteiger partial charge in [-0.1, -0.05) is 13.8 Å². The number of benzene rings is 1. The topological polar surface area (TPSA) is 100 Å². The largest absolute Gasteiger partial charge is 0.481 e. The van der Waals surface area contributed by atoms with Crippen LogP contribution < -0.4 is 10.6 Å². The van der Waals surface area contributed by atoms with Crippen LogP contribution in [-0.2, 0) is 16.6 Å². The third-order valence-corrected chi connectivity index (χ3v) is 4.11. The number of carboxylic acid groups (broad SMARTS) is 1. The van der Waals surface area contributed by atoms with Gasteiger partial charge >= 0.3 is 5.97 Å². The van der Waals surface area contributed by atoms with E-state index in [1.165, 1.54) is 12.1 Å². The maximum absolute atomic E-state index is 13.4. The molecule has 0 saturated heterocycles. The van der Waals surface area contributed by atoms with E-state index in [-0.39, 0.29) is 18.9 Å². The zero-order chi connectivity index (χ0) is 19.4. The first-order chi connectivity index (χ1) is 12.2. The van der Waals surface area contributed by atoms with Gasteiger partial charge in [-0.15, -0.1) is 0 Å². The van der Waals surface area contributed by atoms with Gasteiger partial charge in [0.2, 0.25) is 5.91 Å². The molecule has 2 amide bonds. The number of nitrogens with zero attached hydrogens (tertiary/aromatic N) is 1. The molecule has 1 unspecified atom stereocenters. The molecule has 8 heteroatoms. The summed E-state index contributed by atoms with van der Waals surface area (Å²) in [5, 5.41) is 14.4. The molecule has 0 fully saturated rings. The standard InChI is InChI=1S/C18H22FN3O4/c1-10(2)16(18(26)20-7-6-15(23)24)21-17(25)14-9-11-8-12(19)4-5-13(11)22(14)3/h4-5,8-10,16H,6-7H2,1-3H3,(H,20,26)(H,21,25)(H,23,24). The molecule has 1 heterocycles. The fraction of sp³-hybridized carbons (Fsp3) is 0.389. The Bertz CT molecular complexity index is 844. The van der Waals surface area contributed by atoms with E-state index in [0.717, 1.165) is 0 Å². The van der Waals surface area contributed by atoms with Crippen LogP contribution in [0.25, 0.3) is 10.9 Å². The van der Waals surface area contributed by atoms with Crippen molar-refractivity contribution in [3.05, 3.63) is 35.8 Å². The van der Waals surface area contributed by atoms with E-state index in [1.54, 1.807) is 37.6 Å². The van der Waals surface area contributed by atoms with E-state index in [2.05, 4.69) is 10.6 Å². The third-order valence-electron chi connectivity index (χ3n) is 4.11. The summed E-state index contributed by atoms with van der Waals surface area (Å²) in [6.07, 6.45) is -0.195. The first-order valence-electron chi connectivity index (χ1n) is 8.26. The number of hydrogen-bond acceptors (Lipinski definition) is 3. The molecule has 26 heavy (non-hydrogen) atoms. The van der Waals surface area contributed by atoms with Crippen LogP contribution in [0.5, 0.6) is 0 Å². The minimum atomic E-state index is -1.02. The van der Waals surface area contributed by atoms with E-state index in [4.69, 9.17) is 5.11 Å². The lowest BCUT2D eigenvalue weighted by atomic mass is 10.0. The molecule has 0 spiro atoms. The zero-order valence-corrected chi connectivity index (χ0v) is 14.9. The summed E-state index contributed by atoms with van der Waals surface area (Å²) in [6.45, 7) is 3.54. The smallest absolute Gasteiger partial charge is 0.305 e. The van der Waals surface area contributed by atoms with Gasteiger partial charge in [0.15, 0.2) is 0 Å². The molecule has 0 aliphatic rings. The van der Waals surface area contributed by atoms with Gasteiger partial charge < -0.3 is 20.3 Å². The van der Waals surface area contributed by atoms with Crippen molar-refractivity contribution in [2.24, 2.45) is 13.0 Å². The predicted molar refractivity (Wildman–Crippen MR) is 94.2 cm³/mol.